The molecule has 0 aromatic rings. The number of rotatable bonds is 5. The Labute approximate surface area is 73.0 Å². The average Bonchev–Trinajstić information content (AvgIpc) is 2.14. The van der Waals surface area contributed by atoms with Gasteiger partial charge in [0.25, 0.3) is 0 Å². The molecule has 0 radical (unpaired) electrons. The number of hydrogen-bond donors (Lipinski definition) is 0. The third kappa shape index (κ3) is 3.83. The molecule has 1 aliphatic rings. The molecule has 0 aromatic heterocycles. The van der Waals surface area contributed by atoms with Crippen LogP contribution in [0.15, 0.2) is 0 Å². The molecule has 12 heavy (non-hydrogen) atoms. The van der Waals surface area contributed by atoms with E-state index in [0.29, 0.717) is 13.0 Å². The standard InChI is InChI=1S/C9H16O3/c10-6-2-4-8-12-9-5-1-3-7-11-9/h6,9H,1-5,7-8H2/t9-/m0/s1. The summed E-state index contributed by atoms with van der Waals surface area (Å²) in [4.78, 5) is 9.97. The monoisotopic (exact) mass is 172 g/mol. The second-order valence-electron chi connectivity index (χ2n) is 2.98. The summed E-state index contributed by atoms with van der Waals surface area (Å²) in [5.41, 5.74) is 0. The lowest BCUT2D eigenvalue weighted by Crippen LogP contribution is -2.22. The van der Waals surface area contributed by atoms with Crippen LogP contribution in [0.1, 0.15) is 32.1 Å². The van der Waals surface area contributed by atoms with Gasteiger partial charge in [0.1, 0.15) is 6.29 Å². The van der Waals surface area contributed by atoms with Gasteiger partial charge in [-0.05, 0) is 25.7 Å². The molecule has 70 valence electrons. The molecule has 0 aliphatic carbocycles. The van der Waals surface area contributed by atoms with Crippen LogP contribution in [0.3, 0.4) is 0 Å². The first-order valence-electron chi connectivity index (χ1n) is 4.60. The van der Waals surface area contributed by atoms with Gasteiger partial charge in [-0.2, -0.15) is 0 Å². The van der Waals surface area contributed by atoms with Crippen molar-refractivity contribution in [3.8, 4) is 0 Å². The Morgan fingerprint density at radius 2 is 2.42 bits per heavy atom. The maximum absolute atomic E-state index is 9.97. The number of unbranched alkanes of at least 4 members (excludes halogenated alkanes) is 1. The average molecular weight is 172 g/mol. The smallest absolute Gasteiger partial charge is 0.157 e. The SMILES string of the molecule is O=CCCCO[C@H]1CCCCO1. The molecule has 1 aliphatic heterocycles. The molecule has 3 nitrogen and oxygen atoms in total. The topological polar surface area (TPSA) is 35.5 Å². The van der Waals surface area contributed by atoms with Gasteiger partial charge in [0, 0.05) is 13.0 Å². The van der Waals surface area contributed by atoms with Crippen LogP contribution in [0.2, 0.25) is 0 Å². The molecule has 1 rings (SSSR count). The van der Waals surface area contributed by atoms with Crippen molar-refractivity contribution in [3.05, 3.63) is 0 Å². The van der Waals surface area contributed by atoms with E-state index in [1.54, 1.807) is 0 Å². The highest BCUT2D eigenvalue weighted by Gasteiger charge is 2.12. The van der Waals surface area contributed by atoms with E-state index in [-0.39, 0.29) is 6.29 Å². The molecule has 1 fully saturated rings. The van der Waals surface area contributed by atoms with E-state index >= 15 is 0 Å². The Kier molecular flexibility index (Phi) is 4.95. The number of aldehydes is 1. The van der Waals surface area contributed by atoms with Gasteiger partial charge in [0.2, 0.25) is 0 Å². The summed E-state index contributed by atoms with van der Waals surface area (Å²) >= 11 is 0. The van der Waals surface area contributed by atoms with Crippen molar-refractivity contribution >= 4 is 6.29 Å². The van der Waals surface area contributed by atoms with Gasteiger partial charge >= 0.3 is 0 Å². The van der Waals surface area contributed by atoms with Gasteiger partial charge < -0.3 is 14.3 Å². The van der Waals surface area contributed by atoms with E-state index < -0.39 is 0 Å². The number of carbonyl (C=O) groups excluding carboxylic acids is 1. The zero-order chi connectivity index (χ0) is 8.65. The van der Waals surface area contributed by atoms with Crippen molar-refractivity contribution in [1.82, 2.24) is 0 Å². The quantitative estimate of drug-likeness (QED) is 0.466. The summed E-state index contributed by atoms with van der Waals surface area (Å²) in [7, 11) is 0. The molecular weight excluding hydrogens is 156 g/mol. The minimum atomic E-state index is -0.00889. The Morgan fingerprint density at radius 3 is 3.08 bits per heavy atom. The summed E-state index contributed by atoms with van der Waals surface area (Å²) in [6, 6.07) is 0. The Balaban J connectivity index is 1.94. The first kappa shape index (κ1) is 9.68. The molecule has 0 amide bonds. The number of carbonyl (C=O) groups is 1. The molecule has 0 unspecified atom stereocenters. The van der Waals surface area contributed by atoms with E-state index in [4.69, 9.17) is 9.47 Å². The first-order valence-corrected chi connectivity index (χ1v) is 4.60. The van der Waals surface area contributed by atoms with E-state index in [1.165, 1.54) is 6.42 Å². The fourth-order valence-corrected chi connectivity index (χ4v) is 1.22. The fraction of sp³-hybridized carbons (Fsp3) is 0.889. The zero-order valence-corrected chi connectivity index (χ0v) is 7.33. The van der Waals surface area contributed by atoms with Crippen LogP contribution in [0, 0.1) is 0 Å². The van der Waals surface area contributed by atoms with Crippen LogP contribution in [0.5, 0.6) is 0 Å². The lowest BCUT2D eigenvalue weighted by molar-refractivity contribution is -0.162. The fourth-order valence-electron chi connectivity index (χ4n) is 1.22. The molecule has 0 N–H and O–H groups in total. The second-order valence-corrected chi connectivity index (χ2v) is 2.98. The van der Waals surface area contributed by atoms with Crippen molar-refractivity contribution in [1.29, 1.82) is 0 Å². The van der Waals surface area contributed by atoms with Gasteiger partial charge in [-0.3, -0.25) is 0 Å². The Morgan fingerprint density at radius 1 is 1.50 bits per heavy atom. The molecule has 1 heterocycles. The van der Waals surface area contributed by atoms with Crippen molar-refractivity contribution in [2.45, 2.75) is 38.4 Å². The van der Waals surface area contributed by atoms with Crippen molar-refractivity contribution < 1.29 is 14.3 Å². The summed E-state index contributed by atoms with van der Waals surface area (Å²) in [6.07, 6.45) is 5.65. The summed E-state index contributed by atoms with van der Waals surface area (Å²) < 4.78 is 10.8. The lowest BCUT2D eigenvalue weighted by atomic mass is 10.2. The van der Waals surface area contributed by atoms with Gasteiger partial charge in [-0.1, -0.05) is 0 Å². The van der Waals surface area contributed by atoms with E-state index in [2.05, 4.69) is 0 Å². The molecule has 0 aromatic carbocycles. The van der Waals surface area contributed by atoms with Crippen LogP contribution < -0.4 is 0 Å². The van der Waals surface area contributed by atoms with Crippen molar-refractivity contribution in [2.75, 3.05) is 13.2 Å². The Hall–Kier alpha value is -0.410. The second kappa shape index (κ2) is 6.14. The summed E-state index contributed by atoms with van der Waals surface area (Å²) in [5.74, 6) is 0. The molecule has 0 saturated carbocycles. The van der Waals surface area contributed by atoms with Gasteiger partial charge in [0.15, 0.2) is 6.29 Å². The van der Waals surface area contributed by atoms with E-state index in [0.717, 1.165) is 32.2 Å². The lowest BCUT2D eigenvalue weighted by Gasteiger charge is -2.22. The minimum absolute atomic E-state index is 0.00889. The summed E-state index contributed by atoms with van der Waals surface area (Å²) in [5, 5.41) is 0. The summed E-state index contributed by atoms with van der Waals surface area (Å²) in [6.45, 7) is 1.46. The predicted molar refractivity (Wildman–Crippen MR) is 44.8 cm³/mol. The maximum Gasteiger partial charge on any atom is 0.157 e. The van der Waals surface area contributed by atoms with Crippen LogP contribution in [0.4, 0.5) is 0 Å². The molecular formula is C9H16O3. The Bertz CT molecular complexity index is 119. The molecule has 0 bridgehead atoms. The highest BCUT2D eigenvalue weighted by atomic mass is 16.7. The molecule has 1 atom stereocenters. The molecule has 0 spiro atoms. The highest BCUT2D eigenvalue weighted by molar-refractivity contribution is 5.48. The van der Waals surface area contributed by atoms with Crippen LogP contribution >= 0.6 is 0 Å². The van der Waals surface area contributed by atoms with Crippen molar-refractivity contribution in [2.24, 2.45) is 0 Å². The zero-order valence-electron chi connectivity index (χ0n) is 7.33. The third-order valence-electron chi connectivity index (χ3n) is 1.91. The largest absolute Gasteiger partial charge is 0.353 e. The van der Waals surface area contributed by atoms with Gasteiger partial charge in [-0.15, -0.1) is 0 Å². The minimum Gasteiger partial charge on any atom is -0.353 e. The maximum atomic E-state index is 9.97. The van der Waals surface area contributed by atoms with Gasteiger partial charge in [0.05, 0.1) is 6.61 Å². The van der Waals surface area contributed by atoms with E-state index in [1.807, 2.05) is 0 Å². The highest BCUT2D eigenvalue weighted by Crippen LogP contribution is 2.13. The van der Waals surface area contributed by atoms with Crippen LogP contribution in [-0.2, 0) is 14.3 Å². The predicted octanol–water partition coefficient (Wildman–Crippen LogP) is 1.51. The van der Waals surface area contributed by atoms with E-state index in [9.17, 15) is 4.79 Å². The van der Waals surface area contributed by atoms with Crippen molar-refractivity contribution in [3.63, 3.8) is 0 Å². The molecule has 1 saturated heterocycles. The normalized spacial score (nSPS) is 23.8. The third-order valence-corrected chi connectivity index (χ3v) is 1.91. The molecule has 3 heteroatoms. The van der Waals surface area contributed by atoms with Gasteiger partial charge in [-0.25, -0.2) is 0 Å². The first-order chi connectivity index (χ1) is 5.93. The van der Waals surface area contributed by atoms with Crippen LogP contribution in [-0.4, -0.2) is 25.8 Å². The number of ether oxygens (including phenoxy) is 2. The van der Waals surface area contributed by atoms with Crippen LogP contribution in [0.25, 0.3) is 0 Å². The number of hydrogen-bond acceptors (Lipinski definition) is 3.